The molecule has 0 spiro atoms. The summed E-state index contributed by atoms with van der Waals surface area (Å²) in [7, 11) is 0. The first kappa shape index (κ1) is 14.8. The van der Waals surface area contributed by atoms with Gasteiger partial charge in [-0.05, 0) is 31.2 Å². The number of rotatable bonds is 5. The van der Waals surface area contributed by atoms with Crippen molar-refractivity contribution in [3.8, 4) is 0 Å². The first-order valence-corrected chi connectivity index (χ1v) is 6.43. The Morgan fingerprint density at radius 3 is 2.67 bits per heavy atom. The van der Waals surface area contributed by atoms with Gasteiger partial charge in [0.05, 0.1) is 24.4 Å². The molecule has 5 nitrogen and oxygen atoms in total. The summed E-state index contributed by atoms with van der Waals surface area (Å²) >= 11 is 0. The molecule has 0 radical (unpaired) electrons. The van der Waals surface area contributed by atoms with Crippen LogP contribution in [-0.2, 0) is 4.79 Å². The van der Waals surface area contributed by atoms with Crippen LogP contribution in [0.25, 0.3) is 0 Å². The van der Waals surface area contributed by atoms with E-state index in [2.05, 4.69) is 10.6 Å². The summed E-state index contributed by atoms with van der Waals surface area (Å²) < 4.78 is 18.5. The van der Waals surface area contributed by atoms with Crippen molar-refractivity contribution in [1.82, 2.24) is 10.6 Å². The Labute approximate surface area is 121 Å². The van der Waals surface area contributed by atoms with Crippen molar-refractivity contribution in [2.75, 3.05) is 6.54 Å². The molecule has 6 heteroatoms. The molecule has 0 fully saturated rings. The predicted octanol–water partition coefficient (Wildman–Crippen LogP) is 2.03. The molecule has 2 N–H and O–H groups in total. The fourth-order valence-corrected chi connectivity index (χ4v) is 1.80. The summed E-state index contributed by atoms with van der Waals surface area (Å²) in [5.74, 6) is -1.03. The molecule has 0 aliphatic heterocycles. The van der Waals surface area contributed by atoms with Gasteiger partial charge in [-0.1, -0.05) is 12.1 Å². The van der Waals surface area contributed by atoms with Gasteiger partial charge in [0, 0.05) is 0 Å². The summed E-state index contributed by atoms with van der Waals surface area (Å²) in [5, 5.41) is 5.03. The van der Waals surface area contributed by atoms with Crippen LogP contribution in [0.15, 0.2) is 47.1 Å². The van der Waals surface area contributed by atoms with E-state index in [0.29, 0.717) is 5.76 Å². The Hall–Kier alpha value is -2.63. The number of hydrogen-bond acceptors (Lipinski definition) is 3. The molecule has 2 rings (SSSR count). The number of amides is 2. The second kappa shape index (κ2) is 6.69. The predicted molar refractivity (Wildman–Crippen MR) is 74.0 cm³/mol. The lowest BCUT2D eigenvalue weighted by Crippen LogP contribution is -2.38. The number of benzene rings is 1. The maximum Gasteiger partial charge on any atom is 0.254 e. The zero-order chi connectivity index (χ0) is 15.2. The number of carbonyl (C=O) groups is 2. The molecule has 0 saturated heterocycles. The van der Waals surface area contributed by atoms with E-state index in [1.807, 2.05) is 0 Å². The number of furan rings is 1. The highest BCUT2D eigenvalue weighted by atomic mass is 19.1. The normalized spacial score (nSPS) is 11.7. The van der Waals surface area contributed by atoms with E-state index >= 15 is 0 Å². The highest BCUT2D eigenvalue weighted by Crippen LogP contribution is 2.11. The van der Waals surface area contributed by atoms with E-state index in [-0.39, 0.29) is 24.1 Å². The third kappa shape index (κ3) is 3.92. The first-order valence-electron chi connectivity index (χ1n) is 6.43. The van der Waals surface area contributed by atoms with Gasteiger partial charge >= 0.3 is 0 Å². The van der Waals surface area contributed by atoms with Gasteiger partial charge in [0.15, 0.2) is 0 Å². The van der Waals surface area contributed by atoms with Crippen molar-refractivity contribution < 1.29 is 18.4 Å². The lowest BCUT2D eigenvalue weighted by Gasteiger charge is -2.12. The lowest BCUT2D eigenvalue weighted by molar-refractivity contribution is -0.120. The van der Waals surface area contributed by atoms with E-state index in [1.165, 1.54) is 24.5 Å². The number of hydrogen-bond donors (Lipinski definition) is 2. The largest absolute Gasteiger partial charge is 0.467 e. The van der Waals surface area contributed by atoms with E-state index in [4.69, 9.17) is 4.42 Å². The summed E-state index contributed by atoms with van der Waals surface area (Å²) in [6, 6.07) is 8.74. The topological polar surface area (TPSA) is 71.3 Å². The highest BCUT2D eigenvalue weighted by Gasteiger charge is 2.14. The molecule has 1 atom stereocenters. The molecule has 2 amide bonds. The molecular formula is C15H15FN2O3. The maximum absolute atomic E-state index is 13.4. The molecular weight excluding hydrogens is 275 g/mol. The summed E-state index contributed by atoms with van der Waals surface area (Å²) in [6.07, 6.45) is 1.51. The highest BCUT2D eigenvalue weighted by molar-refractivity contribution is 5.96. The van der Waals surface area contributed by atoms with Crippen LogP contribution in [0.5, 0.6) is 0 Å². The quantitative estimate of drug-likeness (QED) is 0.885. The summed E-state index contributed by atoms with van der Waals surface area (Å²) in [5.41, 5.74) is -0.0932. The van der Waals surface area contributed by atoms with Crippen molar-refractivity contribution in [3.05, 3.63) is 59.8 Å². The maximum atomic E-state index is 13.4. The fourth-order valence-electron chi connectivity index (χ4n) is 1.80. The van der Waals surface area contributed by atoms with Gasteiger partial charge in [-0.15, -0.1) is 0 Å². The van der Waals surface area contributed by atoms with Crippen LogP contribution < -0.4 is 10.6 Å². The Bertz CT molecular complexity index is 626. The van der Waals surface area contributed by atoms with Crippen molar-refractivity contribution in [2.24, 2.45) is 0 Å². The second-order valence-electron chi connectivity index (χ2n) is 4.47. The molecule has 1 heterocycles. The minimum Gasteiger partial charge on any atom is -0.467 e. The van der Waals surface area contributed by atoms with Crippen molar-refractivity contribution >= 4 is 11.8 Å². The van der Waals surface area contributed by atoms with Gasteiger partial charge < -0.3 is 15.1 Å². The molecule has 0 aliphatic rings. The first-order chi connectivity index (χ1) is 10.1. The SMILES string of the molecule is C[C@@H](NC(=O)CNC(=O)c1ccccc1F)c1ccco1. The summed E-state index contributed by atoms with van der Waals surface area (Å²) in [4.78, 5) is 23.4. The third-order valence-electron chi connectivity index (χ3n) is 2.88. The van der Waals surface area contributed by atoms with Crippen LogP contribution in [0.2, 0.25) is 0 Å². The average molecular weight is 290 g/mol. The Kier molecular flexibility index (Phi) is 4.71. The van der Waals surface area contributed by atoms with Gasteiger partial charge in [0.2, 0.25) is 5.91 Å². The van der Waals surface area contributed by atoms with Crippen molar-refractivity contribution in [1.29, 1.82) is 0 Å². The molecule has 110 valence electrons. The zero-order valence-corrected chi connectivity index (χ0v) is 11.4. The number of carbonyl (C=O) groups excluding carboxylic acids is 2. The van der Waals surface area contributed by atoms with E-state index in [1.54, 1.807) is 25.1 Å². The van der Waals surface area contributed by atoms with Gasteiger partial charge in [0.25, 0.3) is 5.91 Å². The lowest BCUT2D eigenvalue weighted by atomic mass is 10.2. The average Bonchev–Trinajstić information content (AvgIpc) is 2.99. The molecule has 1 aromatic carbocycles. The minimum absolute atomic E-state index is 0.0932. The van der Waals surface area contributed by atoms with Crippen LogP contribution in [-0.4, -0.2) is 18.4 Å². The Morgan fingerprint density at radius 2 is 2.00 bits per heavy atom. The van der Waals surface area contributed by atoms with Crippen LogP contribution in [0.3, 0.4) is 0 Å². The minimum atomic E-state index is -0.631. The number of halogens is 1. The summed E-state index contributed by atoms with van der Waals surface area (Å²) in [6.45, 7) is 1.52. The van der Waals surface area contributed by atoms with Crippen LogP contribution in [0, 0.1) is 5.82 Å². The molecule has 0 saturated carbocycles. The second-order valence-corrected chi connectivity index (χ2v) is 4.47. The molecule has 21 heavy (non-hydrogen) atoms. The monoisotopic (exact) mass is 290 g/mol. The van der Waals surface area contributed by atoms with Gasteiger partial charge in [-0.2, -0.15) is 0 Å². The van der Waals surface area contributed by atoms with Gasteiger partial charge in [0.1, 0.15) is 11.6 Å². The Morgan fingerprint density at radius 1 is 1.24 bits per heavy atom. The van der Waals surface area contributed by atoms with Gasteiger partial charge in [-0.25, -0.2) is 4.39 Å². The zero-order valence-electron chi connectivity index (χ0n) is 11.4. The molecule has 0 bridgehead atoms. The van der Waals surface area contributed by atoms with Crippen LogP contribution >= 0.6 is 0 Å². The van der Waals surface area contributed by atoms with E-state index < -0.39 is 11.7 Å². The van der Waals surface area contributed by atoms with E-state index in [0.717, 1.165) is 0 Å². The molecule has 0 aliphatic carbocycles. The standard InChI is InChI=1S/C15H15FN2O3/c1-10(13-7-4-8-21-13)18-14(19)9-17-15(20)11-5-2-3-6-12(11)16/h2-8,10H,9H2,1H3,(H,17,20)(H,18,19)/t10-/m1/s1. The number of nitrogens with one attached hydrogen (secondary N) is 2. The smallest absolute Gasteiger partial charge is 0.254 e. The van der Waals surface area contributed by atoms with Crippen LogP contribution in [0.4, 0.5) is 4.39 Å². The fraction of sp³-hybridized carbons (Fsp3) is 0.200. The molecule has 1 aromatic heterocycles. The van der Waals surface area contributed by atoms with Gasteiger partial charge in [-0.3, -0.25) is 9.59 Å². The van der Waals surface area contributed by atoms with Crippen molar-refractivity contribution in [2.45, 2.75) is 13.0 Å². The van der Waals surface area contributed by atoms with Crippen LogP contribution in [0.1, 0.15) is 29.1 Å². The molecule has 2 aromatic rings. The van der Waals surface area contributed by atoms with Crippen molar-refractivity contribution in [3.63, 3.8) is 0 Å². The molecule has 0 unspecified atom stereocenters. The Balaban J connectivity index is 1.84. The third-order valence-corrected chi connectivity index (χ3v) is 2.88. The van der Waals surface area contributed by atoms with E-state index in [9.17, 15) is 14.0 Å².